The number of para-hydroxylation sites is 5. The molecule has 318 valence electrons. The number of anilines is 6. The average Bonchev–Trinajstić information content (AvgIpc) is 3.84. The second-order valence-electron chi connectivity index (χ2n) is 18.5. The van der Waals surface area contributed by atoms with E-state index in [2.05, 4.69) is 277 Å². The van der Waals surface area contributed by atoms with Crippen LogP contribution >= 0.6 is 0 Å². The Kier molecular flexibility index (Phi) is 8.78. The summed E-state index contributed by atoms with van der Waals surface area (Å²) in [6, 6.07) is 91.8. The van der Waals surface area contributed by atoms with Crippen LogP contribution in [0.3, 0.4) is 0 Å². The van der Waals surface area contributed by atoms with Crippen molar-refractivity contribution in [2.45, 2.75) is 24.7 Å². The minimum absolute atomic E-state index is 0.106. The van der Waals surface area contributed by atoms with Gasteiger partial charge in [0.05, 0.1) is 27.8 Å². The minimum atomic E-state index is -0.625. The van der Waals surface area contributed by atoms with Gasteiger partial charge in [0.2, 0.25) is 0 Å². The summed E-state index contributed by atoms with van der Waals surface area (Å²) in [4.78, 5) is 4.87. The Bertz CT molecular complexity index is 3610. The summed E-state index contributed by atoms with van der Waals surface area (Å²) in [5.74, 6) is 0. The van der Waals surface area contributed by atoms with E-state index in [0.717, 1.165) is 39.8 Å². The van der Waals surface area contributed by atoms with E-state index in [-0.39, 0.29) is 5.41 Å². The molecule has 0 atom stereocenters. The molecular weight excluding hydrogens is 811 g/mol. The third kappa shape index (κ3) is 5.77. The first-order chi connectivity index (χ1) is 33.0. The molecule has 10 aromatic carbocycles. The van der Waals surface area contributed by atoms with Gasteiger partial charge in [-0.2, -0.15) is 0 Å². The molecular formula is C64H47N3. The smallest absolute Gasteiger partial charge is 0.0742 e. The van der Waals surface area contributed by atoms with Crippen molar-refractivity contribution in [1.29, 1.82) is 0 Å². The Morgan fingerprint density at radius 3 is 1.60 bits per heavy atom. The number of benzene rings is 10. The first kappa shape index (κ1) is 39.0. The molecule has 0 N–H and O–H groups in total. The maximum Gasteiger partial charge on any atom is 0.0742 e. The van der Waals surface area contributed by atoms with Crippen LogP contribution in [0.5, 0.6) is 0 Å². The van der Waals surface area contributed by atoms with Crippen molar-refractivity contribution >= 4 is 55.9 Å². The van der Waals surface area contributed by atoms with E-state index in [1.165, 1.54) is 66.3 Å². The first-order valence-electron chi connectivity index (χ1n) is 23.4. The van der Waals surface area contributed by atoms with Crippen LogP contribution in [0, 0.1) is 0 Å². The van der Waals surface area contributed by atoms with Crippen LogP contribution in [0.15, 0.2) is 249 Å². The number of fused-ring (bicyclic) bond motifs is 8. The van der Waals surface area contributed by atoms with Gasteiger partial charge in [-0.1, -0.05) is 172 Å². The zero-order valence-electron chi connectivity index (χ0n) is 37.5. The maximum absolute atomic E-state index is 2.47. The molecule has 1 aliphatic heterocycles. The number of nitrogens with zero attached hydrogens (tertiary/aromatic N) is 3. The normalized spacial score (nSPS) is 14.0. The summed E-state index contributed by atoms with van der Waals surface area (Å²) in [5.41, 5.74) is 19.9. The lowest BCUT2D eigenvalue weighted by Gasteiger charge is -2.46. The summed E-state index contributed by atoms with van der Waals surface area (Å²) in [7, 11) is 0. The van der Waals surface area contributed by atoms with Crippen molar-refractivity contribution in [2.24, 2.45) is 0 Å². The van der Waals surface area contributed by atoms with Gasteiger partial charge in [-0.3, -0.25) is 0 Å². The Labute approximate surface area is 392 Å². The number of aromatic nitrogens is 1. The molecule has 13 rings (SSSR count). The van der Waals surface area contributed by atoms with Gasteiger partial charge in [-0.15, -0.1) is 0 Å². The fraction of sp³-hybridized carbons (Fsp3) is 0.0625. The van der Waals surface area contributed by atoms with Crippen molar-refractivity contribution in [2.75, 3.05) is 9.80 Å². The summed E-state index contributed by atoms with van der Waals surface area (Å²) < 4.78 is 2.40. The third-order valence-electron chi connectivity index (χ3n) is 14.6. The van der Waals surface area contributed by atoms with Gasteiger partial charge in [0.1, 0.15) is 0 Å². The minimum Gasteiger partial charge on any atom is -0.310 e. The van der Waals surface area contributed by atoms with E-state index in [1.807, 2.05) is 0 Å². The molecule has 0 radical (unpaired) electrons. The lowest BCUT2D eigenvalue weighted by Crippen LogP contribution is -2.37. The second kappa shape index (κ2) is 15.1. The quantitative estimate of drug-likeness (QED) is 0.158. The van der Waals surface area contributed by atoms with E-state index in [4.69, 9.17) is 0 Å². The molecule has 0 amide bonds. The van der Waals surface area contributed by atoms with Crippen molar-refractivity contribution < 1.29 is 0 Å². The van der Waals surface area contributed by atoms with E-state index >= 15 is 0 Å². The number of hydrogen-bond acceptors (Lipinski definition) is 2. The molecule has 0 saturated carbocycles. The molecule has 11 aromatic rings. The van der Waals surface area contributed by atoms with Crippen LogP contribution in [0.25, 0.3) is 38.6 Å². The molecule has 3 nitrogen and oxygen atoms in total. The third-order valence-corrected chi connectivity index (χ3v) is 14.6. The molecule has 0 bridgehead atoms. The van der Waals surface area contributed by atoms with Crippen LogP contribution in [-0.2, 0) is 10.8 Å². The van der Waals surface area contributed by atoms with E-state index in [1.54, 1.807) is 0 Å². The highest BCUT2D eigenvalue weighted by molar-refractivity contribution is 6.10. The lowest BCUT2D eigenvalue weighted by molar-refractivity contribution is 0.660. The molecule has 67 heavy (non-hydrogen) atoms. The molecule has 2 heterocycles. The Morgan fingerprint density at radius 2 is 0.881 bits per heavy atom. The second-order valence-corrected chi connectivity index (χ2v) is 18.5. The molecule has 3 heteroatoms. The highest BCUT2D eigenvalue weighted by Crippen LogP contribution is 2.58. The topological polar surface area (TPSA) is 11.4 Å². The Balaban J connectivity index is 0.977. The van der Waals surface area contributed by atoms with Crippen molar-refractivity contribution in [3.8, 4) is 16.8 Å². The van der Waals surface area contributed by atoms with Gasteiger partial charge in [0, 0.05) is 44.6 Å². The molecule has 0 spiro atoms. The molecule has 1 aliphatic carbocycles. The summed E-state index contributed by atoms with van der Waals surface area (Å²) in [6.45, 7) is 4.71. The first-order valence-corrected chi connectivity index (χ1v) is 23.4. The highest BCUT2D eigenvalue weighted by atomic mass is 15.2. The summed E-state index contributed by atoms with van der Waals surface area (Å²) >= 11 is 0. The maximum atomic E-state index is 2.47. The molecule has 0 fully saturated rings. The number of rotatable bonds is 7. The summed E-state index contributed by atoms with van der Waals surface area (Å²) in [6.07, 6.45) is 0. The predicted molar refractivity (Wildman–Crippen MR) is 280 cm³/mol. The van der Waals surface area contributed by atoms with Crippen LogP contribution < -0.4 is 9.80 Å². The largest absolute Gasteiger partial charge is 0.310 e. The summed E-state index contributed by atoms with van der Waals surface area (Å²) in [5, 5.41) is 2.48. The van der Waals surface area contributed by atoms with Crippen LogP contribution in [0.4, 0.5) is 34.1 Å². The van der Waals surface area contributed by atoms with Crippen LogP contribution in [-0.4, -0.2) is 4.57 Å². The average molecular weight is 858 g/mol. The van der Waals surface area contributed by atoms with Gasteiger partial charge in [-0.25, -0.2) is 0 Å². The monoisotopic (exact) mass is 857 g/mol. The zero-order valence-corrected chi connectivity index (χ0v) is 37.5. The van der Waals surface area contributed by atoms with Crippen LogP contribution in [0.2, 0.25) is 0 Å². The van der Waals surface area contributed by atoms with Gasteiger partial charge in [0.25, 0.3) is 0 Å². The van der Waals surface area contributed by atoms with Gasteiger partial charge < -0.3 is 14.4 Å². The van der Waals surface area contributed by atoms with Crippen molar-refractivity contribution in [1.82, 2.24) is 4.57 Å². The van der Waals surface area contributed by atoms with Gasteiger partial charge in [-0.05, 0) is 136 Å². The number of hydrogen-bond donors (Lipinski definition) is 0. The Hall–Kier alpha value is -8.40. The fourth-order valence-corrected chi connectivity index (χ4v) is 11.7. The molecule has 0 saturated heterocycles. The van der Waals surface area contributed by atoms with Gasteiger partial charge in [0.15, 0.2) is 0 Å². The SMILES string of the molecule is CC1(C)c2ccccc2-c2ccc(N(c3ccccc3)c3ccc(N4c5ccccc5C(c5ccccc5)(c5ccc6c(c5)c5ccccc5n6-c5ccccc5)c5ccccc54)cc3)cc21. The van der Waals surface area contributed by atoms with Crippen LogP contribution in [0.1, 0.15) is 47.2 Å². The molecule has 1 aromatic heterocycles. The van der Waals surface area contributed by atoms with E-state index < -0.39 is 5.41 Å². The highest BCUT2D eigenvalue weighted by Gasteiger charge is 2.46. The molecule has 2 aliphatic rings. The standard InChI is InChI=1S/C64H47N3/c1-63(2)55-28-14-12-26-51(55)52-40-39-50(43-58(52)63)65(46-22-8-4-9-23-46)48-35-37-49(38-36-48)67-61-32-18-15-29-56(61)64(44-20-6-3-7-21-44,57-30-16-19-33-62(57)67)45-34-41-60-54(42-45)53-27-13-17-31-59(53)66(60)47-24-10-5-11-25-47/h3-43H,1-2H3. The van der Waals surface area contributed by atoms with Crippen molar-refractivity contribution in [3.63, 3.8) is 0 Å². The Morgan fingerprint density at radius 1 is 0.343 bits per heavy atom. The zero-order chi connectivity index (χ0) is 44.7. The van der Waals surface area contributed by atoms with Gasteiger partial charge >= 0.3 is 0 Å². The fourth-order valence-electron chi connectivity index (χ4n) is 11.7. The lowest BCUT2D eigenvalue weighted by atomic mass is 9.62. The van der Waals surface area contributed by atoms with E-state index in [0.29, 0.717) is 0 Å². The van der Waals surface area contributed by atoms with E-state index in [9.17, 15) is 0 Å². The molecule has 0 unspecified atom stereocenters. The van der Waals surface area contributed by atoms with Crippen molar-refractivity contribution in [3.05, 3.63) is 282 Å². The predicted octanol–water partition coefficient (Wildman–Crippen LogP) is 16.7.